The van der Waals surface area contributed by atoms with Crippen LogP contribution >= 0.6 is 11.6 Å². The van der Waals surface area contributed by atoms with E-state index in [-0.39, 0.29) is 23.3 Å². The molecule has 0 aromatic heterocycles. The summed E-state index contributed by atoms with van der Waals surface area (Å²) in [6.45, 7) is 5.86. The number of hydrogen-bond acceptors (Lipinski definition) is 8. The largest absolute Gasteiger partial charge is 0.465 e. The van der Waals surface area contributed by atoms with Gasteiger partial charge in [-0.2, -0.15) is 5.10 Å². The molecular weight excluding hydrogens is 528 g/mol. The molecule has 2 aromatic rings. The fraction of sp³-hybridized carbons (Fsp3) is 0.367. The Bertz CT molecular complexity index is 1320. The fourth-order valence-corrected chi connectivity index (χ4v) is 5.18. The van der Waals surface area contributed by atoms with Crippen molar-refractivity contribution in [3.8, 4) is 11.1 Å². The minimum atomic E-state index is -0.562. The van der Waals surface area contributed by atoms with Gasteiger partial charge in [-0.1, -0.05) is 30.3 Å². The zero-order chi connectivity index (χ0) is 28.8. The van der Waals surface area contributed by atoms with Gasteiger partial charge >= 0.3 is 5.97 Å². The standard InChI is InChI=1S/C30H37ClN6O3/c1-20(30(39)40-3)17-34-37(18-24-15-27(24)28(32)19-35(2)33)26-14-23(13-25(31)16-26)21-8-7-9-22(12-21)29(38)36-10-5-4-6-11-36/h7-9,12-14,16-17,19,24,27H,1,4-6,10-11,15,18,32-33H2,2-3H3/b28-19-,34-17-. The Morgan fingerprint density at radius 3 is 2.62 bits per heavy atom. The van der Waals surface area contributed by atoms with Crippen molar-refractivity contribution in [3.05, 3.63) is 77.1 Å². The Morgan fingerprint density at radius 1 is 1.18 bits per heavy atom. The number of hydrazone groups is 1. The maximum atomic E-state index is 13.1. The molecule has 1 aliphatic carbocycles. The van der Waals surface area contributed by atoms with Crippen LogP contribution in [0.4, 0.5) is 5.69 Å². The molecule has 40 heavy (non-hydrogen) atoms. The predicted molar refractivity (Wildman–Crippen MR) is 159 cm³/mol. The predicted octanol–water partition coefficient (Wildman–Crippen LogP) is 4.40. The minimum Gasteiger partial charge on any atom is -0.465 e. The number of rotatable bonds is 10. The van der Waals surface area contributed by atoms with Crippen molar-refractivity contribution >= 4 is 35.4 Å². The number of halogens is 1. The van der Waals surface area contributed by atoms with Gasteiger partial charge in [0.1, 0.15) is 0 Å². The summed E-state index contributed by atoms with van der Waals surface area (Å²) < 4.78 is 4.76. The lowest BCUT2D eigenvalue weighted by molar-refractivity contribution is -0.135. The molecule has 2 atom stereocenters. The van der Waals surface area contributed by atoms with E-state index in [9.17, 15) is 9.59 Å². The third-order valence-electron chi connectivity index (χ3n) is 7.18. The number of benzene rings is 2. The highest BCUT2D eigenvalue weighted by Crippen LogP contribution is 2.44. The molecule has 10 heteroatoms. The molecule has 1 amide bonds. The second-order valence-electron chi connectivity index (χ2n) is 10.4. The summed E-state index contributed by atoms with van der Waals surface area (Å²) in [6, 6.07) is 13.3. The molecule has 2 fully saturated rings. The summed E-state index contributed by atoms with van der Waals surface area (Å²) in [7, 11) is 3.02. The van der Waals surface area contributed by atoms with Gasteiger partial charge in [0.25, 0.3) is 5.91 Å². The van der Waals surface area contributed by atoms with E-state index in [0.717, 1.165) is 55.6 Å². The number of ether oxygens (including phenoxy) is 1. The van der Waals surface area contributed by atoms with Crippen LogP contribution in [0.15, 0.2) is 71.6 Å². The molecule has 2 aromatic carbocycles. The lowest BCUT2D eigenvalue weighted by Crippen LogP contribution is -2.35. The van der Waals surface area contributed by atoms with Crippen LogP contribution in [-0.4, -0.2) is 61.8 Å². The molecule has 4 rings (SSSR count). The number of piperidine rings is 1. The van der Waals surface area contributed by atoms with Crippen molar-refractivity contribution in [3.63, 3.8) is 0 Å². The maximum Gasteiger partial charge on any atom is 0.338 e. The molecule has 0 radical (unpaired) electrons. The molecule has 1 saturated carbocycles. The number of nitrogens with two attached hydrogens (primary N) is 2. The summed E-state index contributed by atoms with van der Waals surface area (Å²) in [5.41, 5.74) is 10.2. The van der Waals surface area contributed by atoms with Crippen LogP contribution in [0, 0.1) is 11.8 Å². The van der Waals surface area contributed by atoms with Crippen LogP contribution in [0.1, 0.15) is 36.0 Å². The molecule has 2 aliphatic rings. The van der Waals surface area contributed by atoms with E-state index in [4.69, 9.17) is 27.9 Å². The number of hydrazine groups is 1. The summed E-state index contributed by atoms with van der Waals surface area (Å²) >= 11 is 6.60. The number of hydrogen-bond donors (Lipinski definition) is 2. The SMILES string of the molecule is C=C(/C=N\N(CC1CC1/C(N)=C/N(C)N)c1cc(Cl)cc(-c2cccc(C(=O)N3CCCCC3)c2)c1)C(=O)OC. The van der Waals surface area contributed by atoms with E-state index in [0.29, 0.717) is 22.8 Å². The number of methoxy groups -OCH3 is 1. The number of anilines is 1. The molecular formula is C30H37ClN6O3. The van der Waals surface area contributed by atoms with Crippen LogP contribution in [0.5, 0.6) is 0 Å². The monoisotopic (exact) mass is 564 g/mol. The van der Waals surface area contributed by atoms with Gasteiger partial charge < -0.3 is 20.4 Å². The Kier molecular flexibility index (Phi) is 9.50. The highest BCUT2D eigenvalue weighted by atomic mass is 35.5. The highest BCUT2D eigenvalue weighted by molar-refractivity contribution is 6.31. The van der Waals surface area contributed by atoms with Gasteiger partial charge in [0.2, 0.25) is 0 Å². The number of nitrogens with zero attached hydrogens (tertiary/aromatic N) is 4. The Hall–Kier alpha value is -3.82. The number of allylic oxidation sites excluding steroid dienone is 1. The van der Waals surface area contributed by atoms with Gasteiger partial charge in [0, 0.05) is 55.1 Å². The van der Waals surface area contributed by atoms with Crippen molar-refractivity contribution in [1.29, 1.82) is 0 Å². The van der Waals surface area contributed by atoms with Crippen molar-refractivity contribution < 1.29 is 14.3 Å². The second-order valence-corrected chi connectivity index (χ2v) is 10.8. The molecule has 212 valence electrons. The van der Waals surface area contributed by atoms with Gasteiger partial charge in [-0.25, -0.2) is 10.6 Å². The molecule has 1 heterocycles. The van der Waals surface area contributed by atoms with Crippen LogP contribution in [0.25, 0.3) is 11.1 Å². The Labute approximate surface area is 240 Å². The molecule has 0 bridgehead atoms. The zero-order valence-corrected chi connectivity index (χ0v) is 23.8. The molecule has 1 aliphatic heterocycles. The summed E-state index contributed by atoms with van der Waals surface area (Å²) in [5, 5.41) is 8.32. The average Bonchev–Trinajstić information content (AvgIpc) is 3.73. The number of carbonyl (C=O) groups excluding carboxylic acids is 2. The normalized spacial score (nSPS) is 18.9. The molecule has 9 nitrogen and oxygen atoms in total. The summed E-state index contributed by atoms with van der Waals surface area (Å²) in [5.74, 6) is 5.61. The third kappa shape index (κ3) is 7.43. The maximum absolute atomic E-state index is 13.1. The van der Waals surface area contributed by atoms with Gasteiger partial charge in [0.05, 0.1) is 24.6 Å². The number of amides is 1. The molecule has 1 saturated heterocycles. The number of carbonyl (C=O) groups is 2. The van der Waals surface area contributed by atoms with E-state index in [1.54, 1.807) is 18.3 Å². The highest BCUT2D eigenvalue weighted by Gasteiger charge is 2.40. The summed E-state index contributed by atoms with van der Waals surface area (Å²) in [6.07, 6.45) is 7.22. The first kappa shape index (κ1) is 29.2. The van der Waals surface area contributed by atoms with Crippen molar-refractivity contribution in [1.82, 2.24) is 9.91 Å². The lowest BCUT2D eigenvalue weighted by Gasteiger charge is -2.27. The van der Waals surface area contributed by atoms with E-state index >= 15 is 0 Å². The van der Waals surface area contributed by atoms with Gasteiger partial charge in [-0.05, 0) is 73.1 Å². The van der Waals surface area contributed by atoms with Crippen LogP contribution in [0.3, 0.4) is 0 Å². The van der Waals surface area contributed by atoms with Crippen LogP contribution < -0.4 is 16.6 Å². The van der Waals surface area contributed by atoms with E-state index in [2.05, 4.69) is 11.7 Å². The molecule has 4 N–H and O–H groups in total. The first-order valence-corrected chi connectivity index (χ1v) is 13.8. The summed E-state index contributed by atoms with van der Waals surface area (Å²) in [4.78, 5) is 27.0. The van der Waals surface area contributed by atoms with E-state index < -0.39 is 5.97 Å². The van der Waals surface area contributed by atoms with Gasteiger partial charge in [-0.3, -0.25) is 9.80 Å². The quantitative estimate of drug-likeness (QED) is 0.144. The Morgan fingerprint density at radius 2 is 1.93 bits per heavy atom. The van der Waals surface area contributed by atoms with Crippen LogP contribution in [0.2, 0.25) is 5.02 Å². The zero-order valence-electron chi connectivity index (χ0n) is 23.1. The first-order chi connectivity index (χ1) is 19.2. The van der Waals surface area contributed by atoms with Crippen LogP contribution in [-0.2, 0) is 9.53 Å². The topological polar surface area (TPSA) is 117 Å². The van der Waals surface area contributed by atoms with Crippen molar-refractivity contribution in [2.24, 2.45) is 28.5 Å². The van der Waals surface area contributed by atoms with E-state index in [1.807, 2.05) is 47.4 Å². The van der Waals surface area contributed by atoms with Gasteiger partial charge in [0.15, 0.2) is 0 Å². The Balaban J connectivity index is 1.62. The number of likely N-dealkylation sites (tertiary alicyclic amines) is 1. The van der Waals surface area contributed by atoms with Crippen molar-refractivity contribution in [2.45, 2.75) is 25.7 Å². The van der Waals surface area contributed by atoms with Gasteiger partial charge in [-0.15, -0.1) is 0 Å². The fourth-order valence-electron chi connectivity index (χ4n) is 4.95. The lowest BCUT2D eigenvalue weighted by atomic mass is 10.0. The minimum absolute atomic E-state index is 0.0462. The second kappa shape index (κ2) is 13.0. The third-order valence-corrected chi connectivity index (χ3v) is 7.40. The smallest absolute Gasteiger partial charge is 0.338 e. The number of esters is 1. The average molecular weight is 565 g/mol. The van der Waals surface area contributed by atoms with E-state index in [1.165, 1.54) is 18.3 Å². The van der Waals surface area contributed by atoms with Crippen molar-refractivity contribution in [2.75, 3.05) is 38.8 Å². The first-order valence-electron chi connectivity index (χ1n) is 13.4. The molecule has 2 unspecified atom stereocenters. The molecule has 0 spiro atoms.